The number of carboxylic acids is 2. The van der Waals surface area contributed by atoms with Crippen molar-refractivity contribution in [3.8, 4) is 0 Å². The molecule has 0 aliphatic carbocycles. The second-order valence-corrected chi connectivity index (χ2v) is 16.0. The van der Waals surface area contributed by atoms with Crippen molar-refractivity contribution in [2.45, 2.75) is 59.8 Å². The van der Waals surface area contributed by atoms with Crippen LogP contribution in [0.15, 0.2) is 59.0 Å². The summed E-state index contributed by atoms with van der Waals surface area (Å²) in [5.41, 5.74) is 19.7. The van der Waals surface area contributed by atoms with E-state index < -0.39 is 32.2 Å². The Labute approximate surface area is 331 Å². The fourth-order valence-corrected chi connectivity index (χ4v) is 6.50. The van der Waals surface area contributed by atoms with Gasteiger partial charge in [-0.3, -0.25) is 28.3 Å². The van der Waals surface area contributed by atoms with Crippen LogP contribution in [-0.4, -0.2) is 94.5 Å². The van der Waals surface area contributed by atoms with Gasteiger partial charge in [-0.25, -0.2) is 0 Å². The minimum Gasteiger partial charge on any atom is -0.481 e. The van der Waals surface area contributed by atoms with Crippen LogP contribution in [0.3, 0.4) is 0 Å². The average Bonchev–Trinajstić information content (AvgIpc) is 3.74. The van der Waals surface area contributed by atoms with Gasteiger partial charge in [0.25, 0.3) is 32.1 Å². The van der Waals surface area contributed by atoms with Gasteiger partial charge < -0.3 is 42.3 Å². The van der Waals surface area contributed by atoms with E-state index >= 15 is 0 Å². The summed E-state index contributed by atoms with van der Waals surface area (Å²) in [4.78, 5) is 54.5. The topological polar surface area (TPSA) is 325 Å². The zero-order valence-electron chi connectivity index (χ0n) is 32.1. The Kier molecular flexibility index (Phi) is 17.3. The van der Waals surface area contributed by atoms with Crippen LogP contribution in [-0.2, 0) is 58.7 Å². The van der Waals surface area contributed by atoms with E-state index in [0.717, 1.165) is 50.6 Å². The number of carbonyl (C=O) groups is 4. The van der Waals surface area contributed by atoms with Crippen LogP contribution in [0.5, 0.6) is 0 Å². The lowest BCUT2D eigenvalue weighted by atomic mass is 9.98. The number of nitrogens with one attached hydrogen (secondary N) is 4. The molecule has 4 heterocycles. The lowest BCUT2D eigenvalue weighted by molar-refractivity contribution is -0.138. The Morgan fingerprint density at radius 2 is 1.07 bits per heavy atom. The van der Waals surface area contributed by atoms with Crippen LogP contribution >= 0.6 is 0 Å². The highest BCUT2D eigenvalue weighted by molar-refractivity contribution is 7.86. The van der Waals surface area contributed by atoms with Crippen LogP contribution < -0.4 is 22.1 Å². The number of allylic oxidation sites excluding steroid dienone is 2. The zero-order chi connectivity index (χ0) is 43.4. The average molecular weight is 835 g/mol. The van der Waals surface area contributed by atoms with Crippen molar-refractivity contribution >= 4 is 56.1 Å². The van der Waals surface area contributed by atoms with E-state index in [0.29, 0.717) is 34.5 Å². The van der Waals surface area contributed by atoms with Crippen molar-refractivity contribution in [2.24, 2.45) is 11.5 Å². The number of nitrogens with two attached hydrogens (primary N) is 2. The SMILES string of the molecule is C=CC1=C(C)/C(=C/c2[nH]c(Cc3[nH]c(/C=C4\NC(=O)C(C)=C4C=C)c(C)c3CCC(=O)O)c(CCC(=O)O)c2C)NC1=O.NCCS(=O)(=O)O.NCCS(=O)(=O)O. The molecule has 2 aromatic heterocycles. The van der Waals surface area contributed by atoms with Gasteiger partial charge in [-0.2, -0.15) is 16.8 Å². The molecule has 0 atom stereocenters. The van der Waals surface area contributed by atoms with Crippen molar-refractivity contribution in [2.75, 3.05) is 24.6 Å². The molecule has 2 aromatic rings. The van der Waals surface area contributed by atoms with Crippen molar-refractivity contribution in [1.82, 2.24) is 20.6 Å². The molecule has 0 unspecified atom stereocenters. The van der Waals surface area contributed by atoms with Crippen molar-refractivity contribution in [3.63, 3.8) is 0 Å². The number of hydrogen-bond donors (Lipinski definition) is 10. The summed E-state index contributed by atoms with van der Waals surface area (Å²) in [5.74, 6) is -2.98. The first-order valence-electron chi connectivity index (χ1n) is 17.4. The predicted molar refractivity (Wildman–Crippen MR) is 215 cm³/mol. The van der Waals surface area contributed by atoms with Crippen LogP contribution in [0.4, 0.5) is 0 Å². The lowest BCUT2D eigenvalue weighted by Crippen LogP contribution is -2.15. The molecule has 0 saturated heterocycles. The molecule has 4 rings (SSSR count). The minimum atomic E-state index is -3.80. The summed E-state index contributed by atoms with van der Waals surface area (Å²) in [6.45, 7) is 14.9. The monoisotopic (exact) mass is 834 g/mol. The van der Waals surface area contributed by atoms with Crippen LogP contribution in [0, 0.1) is 13.8 Å². The number of aromatic nitrogens is 2. The molecule has 12 N–H and O–H groups in total. The summed E-state index contributed by atoms with van der Waals surface area (Å²) >= 11 is 0. The van der Waals surface area contributed by atoms with E-state index in [9.17, 15) is 46.2 Å². The highest BCUT2D eigenvalue weighted by Crippen LogP contribution is 2.31. The quantitative estimate of drug-likeness (QED) is 0.108. The molecule has 0 bridgehead atoms. The van der Waals surface area contributed by atoms with Gasteiger partial charge in [-0.05, 0) is 80.5 Å². The molecule has 0 fully saturated rings. The Hall–Kier alpha value is -5.38. The summed E-state index contributed by atoms with van der Waals surface area (Å²) < 4.78 is 54.6. The molecule has 18 nitrogen and oxygen atoms in total. The van der Waals surface area contributed by atoms with Crippen molar-refractivity contribution in [1.29, 1.82) is 0 Å². The summed E-state index contributed by atoms with van der Waals surface area (Å²) in [5, 5.41) is 24.6. The van der Waals surface area contributed by atoms with E-state index in [-0.39, 0.29) is 62.1 Å². The maximum atomic E-state index is 12.3. The molecule has 0 aromatic carbocycles. The molecule has 2 amide bonds. The second kappa shape index (κ2) is 20.7. The predicted octanol–water partition coefficient (Wildman–Crippen LogP) is 2.20. The molecule has 2 aliphatic rings. The number of hydrogen-bond acceptors (Lipinski definition) is 10. The molecule has 0 saturated carbocycles. The number of carboxylic acid groups (broad SMARTS) is 2. The standard InChI is InChI=1S/C33H36N4O6.2C2H7NO3S/c1-7-20-19(6)32(42)37-27(20)14-25-18(5)23(10-12-31(40)41)29(35-25)15-28-22(9-11-30(38)39)17(4)24(34-28)13-26-16(3)21(8-2)33(43)36-26;2*3-1-2-7(4,5)6/h7-8,13-14,34-35H,1-2,9-12,15H2,3-6H3,(H,36,43)(H,37,42)(H,38,39)(H,40,41);2*1-3H2,(H,4,5,6)/b26-13-,27-14-;;. The highest BCUT2D eigenvalue weighted by Gasteiger charge is 2.25. The first kappa shape index (κ1) is 47.8. The van der Waals surface area contributed by atoms with Gasteiger partial charge >= 0.3 is 11.9 Å². The van der Waals surface area contributed by atoms with Gasteiger partial charge in [0.05, 0.1) is 17.2 Å². The first-order chi connectivity index (χ1) is 26.5. The van der Waals surface area contributed by atoms with Gasteiger partial charge in [0.15, 0.2) is 0 Å². The second-order valence-electron chi connectivity index (χ2n) is 12.9. The van der Waals surface area contributed by atoms with Gasteiger partial charge in [-0.1, -0.05) is 25.3 Å². The molecular formula is C37H50N6O12S2. The maximum absolute atomic E-state index is 12.3. The fourth-order valence-electron chi connectivity index (χ4n) is 5.91. The lowest BCUT2D eigenvalue weighted by Gasteiger charge is -2.07. The highest BCUT2D eigenvalue weighted by atomic mass is 32.2. The molecule has 2 aliphatic heterocycles. The van der Waals surface area contributed by atoms with E-state index in [1.807, 2.05) is 32.9 Å². The number of amides is 2. The van der Waals surface area contributed by atoms with Gasteiger partial charge in [-0.15, -0.1) is 0 Å². The number of rotatable bonds is 16. The summed E-state index contributed by atoms with van der Waals surface area (Å²) in [6.07, 6.45) is 7.58. The number of aromatic amines is 2. The molecular weight excluding hydrogens is 785 g/mol. The number of carbonyl (C=O) groups excluding carboxylic acids is 2. The van der Waals surface area contributed by atoms with E-state index in [2.05, 4.69) is 33.8 Å². The Bertz CT molecular complexity index is 2240. The molecule has 0 radical (unpaired) electrons. The third-order valence-corrected chi connectivity index (χ3v) is 10.4. The van der Waals surface area contributed by atoms with E-state index in [1.54, 1.807) is 13.0 Å². The van der Waals surface area contributed by atoms with Crippen LogP contribution in [0.25, 0.3) is 12.2 Å². The number of aliphatic carboxylic acids is 2. The maximum Gasteiger partial charge on any atom is 0.303 e. The van der Waals surface area contributed by atoms with E-state index in [4.69, 9.17) is 20.6 Å². The fraction of sp³-hybridized carbons (Fsp3) is 0.351. The molecule has 312 valence electrons. The Balaban J connectivity index is 0.000000682. The van der Waals surface area contributed by atoms with Crippen molar-refractivity contribution in [3.05, 3.63) is 104 Å². The zero-order valence-corrected chi connectivity index (χ0v) is 33.7. The molecule has 57 heavy (non-hydrogen) atoms. The first-order valence-corrected chi connectivity index (χ1v) is 20.6. The van der Waals surface area contributed by atoms with E-state index in [1.165, 1.54) is 6.08 Å². The Morgan fingerprint density at radius 1 is 0.667 bits per heavy atom. The molecule has 0 spiro atoms. The smallest absolute Gasteiger partial charge is 0.303 e. The largest absolute Gasteiger partial charge is 0.481 e. The Morgan fingerprint density at radius 3 is 1.40 bits per heavy atom. The molecule has 20 heteroatoms. The summed E-state index contributed by atoms with van der Waals surface area (Å²) in [7, 11) is -7.60. The third kappa shape index (κ3) is 13.9. The van der Waals surface area contributed by atoms with Gasteiger partial charge in [0, 0.05) is 77.5 Å². The normalized spacial score (nSPS) is 15.6. The summed E-state index contributed by atoms with van der Waals surface area (Å²) in [6, 6.07) is 0. The third-order valence-electron chi connectivity index (χ3n) is 8.87. The van der Waals surface area contributed by atoms with Gasteiger partial charge in [0.1, 0.15) is 0 Å². The minimum absolute atomic E-state index is 0.0289. The van der Waals surface area contributed by atoms with Crippen molar-refractivity contribution < 1.29 is 55.3 Å². The van der Waals surface area contributed by atoms with Gasteiger partial charge in [0.2, 0.25) is 0 Å². The number of H-pyrrole nitrogens is 2. The van der Waals surface area contributed by atoms with Crippen LogP contribution in [0.1, 0.15) is 71.7 Å². The van der Waals surface area contributed by atoms with Crippen LogP contribution in [0.2, 0.25) is 0 Å².